The van der Waals surface area contributed by atoms with E-state index in [9.17, 15) is 9.59 Å². The third kappa shape index (κ3) is 4.05. The highest BCUT2D eigenvalue weighted by Gasteiger charge is 2.61. The van der Waals surface area contributed by atoms with Gasteiger partial charge in [0, 0.05) is 30.8 Å². The maximum Gasteiger partial charge on any atom is 0.220 e. The van der Waals surface area contributed by atoms with E-state index in [-0.39, 0.29) is 35.5 Å². The quantitative estimate of drug-likeness (QED) is 0.799. The smallest absolute Gasteiger partial charge is 0.220 e. The summed E-state index contributed by atoms with van der Waals surface area (Å²) < 4.78 is 0. The summed E-state index contributed by atoms with van der Waals surface area (Å²) in [4.78, 5) is 24.2. The van der Waals surface area contributed by atoms with Crippen LogP contribution in [0.3, 0.4) is 0 Å². The van der Waals surface area contributed by atoms with Crippen LogP contribution in [-0.4, -0.2) is 24.4 Å². The number of carbonyl (C=O) groups is 2. The van der Waals surface area contributed by atoms with Crippen molar-refractivity contribution in [1.82, 2.24) is 10.6 Å². The zero-order valence-corrected chi connectivity index (χ0v) is 15.4. The van der Waals surface area contributed by atoms with E-state index < -0.39 is 0 Å². The molecule has 2 N–H and O–H groups in total. The molecular formula is C21H30N2O2. The predicted octanol–water partition coefficient (Wildman–Crippen LogP) is 3.31. The molecule has 0 radical (unpaired) electrons. The van der Waals surface area contributed by atoms with E-state index in [1.807, 2.05) is 6.07 Å². The van der Waals surface area contributed by atoms with Crippen LogP contribution in [0.2, 0.25) is 0 Å². The third-order valence-electron chi connectivity index (χ3n) is 6.13. The van der Waals surface area contributed by atoms with E-state index in [4.69, 9.17) is 0 Å². The highest BCUT2D eigenvalue weighted by atomic mass is 16.2. The molecule has 0 aromatic heterocycles. The number of benzene rings is 1. The van der Waals surface area contributed by atoms with Gasteiger partial charge in [0.2, 0.25) is 11.8 Å². The lowest BCUT2D eigenvalue weighted by Gasteiger charge is -2.22. The molecule has 0 spiro atoms. The lowest BCUT2D eigenvalue weighted by atomic mass is 9.88. The lowest BCUT2D eigenvalue weighted by Crippen LogP contribution is -2.36. The summed E-state index contributed by atoms with van der Waals surface area (Å²) in [6.45, 7) is 5.15. The summed E-state index contributed by atoms with van der Waals surface area (Å²) in [5, 5.41) is 6.11. The minimum absolute atomic E-state index is 0.00609. The van der Waals surface area contributed by atoms with Crippen LogP contribution in [0.1, 0.15) is 64.4 Å². The first-order valence-corrected chi connectivity index (χ1v) is 9.55. The molecule has 0 unspecified atom stereocenters. The Bertz CT molecular complexity index is 620. The van der Waals surface area contributed by atoms with Crippen molar-refractivity contribution in [2.75, 3.05) is 6.54 Å². The third-order valence-corrected chi connectivity index (χ3v) is 6.13. The number of amides is 2. The molecule has 0 bridgehead atoms. The van der Waals surface area contributed by atoms with Crippen molar-refractivity contribution < 1.29 is 9.59 Å². The van der Waals surface area contributed by atoms with Gasteiger partial charge in [0.1, 0.15) is 0 Å². The first-order valence-electron chi connectivity index (χ1n) is 9.55. The average molecular weight is 342 g/mol. The standard InChI is InChI=1S/C21H30N2O2/c1-20(2)14-21(20,16-8-4-3-5-9-16)15-22-18(24)12-13-19(25)23-17-10-6-7-11-17/h3-5,8-9,17H,6-7,10-15H2,1-2H3,(H,22,24)(H,23,25)/t21-/m0/s1. The second-order valence-electron chi connectivity index (χ2n) is 8.33. The topological polar surface area (TPSA) is 58.2 Å². The maximum atomic E-state index is 12.2. The molecule has 0 saturated heterocycles. The van der Waals surface area contributed by atoms with Gasteiger partial charge in [0.15, 0.2) is 0 Å². The van der Waals surface area contributed by atoms with E-state index in [0.29, 0.717) is 12.6 Å². The fourth-order valence-corrected chi connectivity index (χ4v) is 4.30. The van der Waals surface area contributed by atoms with E-state index in [1.165, 1.54) is 18.4 Å². The van der Waals surface area contributed by atoms with Crippen LogP contribution in [0.15, 0.2) is 30.3 Å². The van der Waals surface area contributed by atoms with E-state index >= 15 is 0 Å². The van der Waals surface area contributed by atoms with Gasteiger partial charge >= 0.3 is 0 Å². The van der Waals surface area contributed by atoms with Gasteiger partial charge in [-0.1, -0.05) is 57.0 Å². The molecule has 2 aliphatic carbocycles. The summed E-state index contributed by atoms with van der Waals surface area (Å²) in [6, 6.07) is 10.8. The second-order valence-corrected chi connectivity index (χ2v) is 8.33. The normalized spacial score (nSPS) is 24.7. The molecule has 25 heavy (non-hydrogen) atoms. The summed E-state index contributed by atoms with van der Waals surface area (Å²) in [5.74, 6) is -0.0221. The van der Waals surface area contributed by atoms with Crippen molar-refractivity contribution in [3.63, 3.8) is 0 Å². The highest BCUT2D eigenvalue weighted by Crippen LogP contribution is 2.63. The number of hydrogen-bond donors (Lipinski definition) is 2. The van der Waals surface area contributed by atoms with Gasteiger partial charge in [-0.25, -0.2) is 0 Å². The molecule has 2 saturated carbocycles. The van der Waals surface area contributed by atoms with Crippen molar-refractivity contribution >= 4 is 11.8 Å². The van der Waals surface area contributed by atoms with Crippen molar-refractivity contribution in [3.8, 4) is 0 Å². The molecule has 4 heteroatoms. The van der Waals surface area contributed by atoms with Crippen LogP contribution in [-0.2, 0) is 15.0 Å². The zero-order chi connectivity index (χ0) is 17.9. The van der Waals surface area contributed by atoms with Crippen molar-refractivity contribution in [2.24, 2.45) is 5.41 Å². The number of nitrogens with one attached hydrogen (secondary N) is 2. The Hall–Kier alpha value is -1.84. The van der Waals surface area contributed by atoms with Crippen LogP contribution in [0, 0.1) is 5.41 Å². The molecule has 1 atom stereocenters. The molecule has 0 heterocycles. The average Bonchev–Trinajstić information content (AvgIpc) is 2.93. The molecule has 2 fully saturated rings. The van der Waals surface area contributed by atoms with Gasteiger partial charge in [-0.05, 0) is 30.2 Å². The molecule has 1 aromatic carbocycles. The summed E-state index contributed by atoms with van der Waals surface area (Å²) in [6.07, 6.45) is 6.17. The van der Waals surface area contributed by atoms with Gasteiger partial charge in [-0.15, -0.1) is 0 Å². The van der Waals surface area contributed by atoms with Gasteiger partial charge in [0.25, 0.3) is 0 Å². The second kappa shape index (κ2) is 7.19. The fraction of sp³-hybridized carbons (Fsp3) is 0.619. The zero-order valence-electron chi connectivity index (χ0n) is 15.4. The summed E-state index contributed by atoms with van der Waals surface area (Å²) in [5.41, 5.74) is 1.51. The van der Waals surface area contributed by atoms with Gasteiger partial charge in [0.05, 0.1) is 0 Å². The van der Waals surface area contributed by atoms with Crippen LogP contribution in [0.25, 0.3) is 0 Å². The van der Waals surface area contributed by atoms with E-state index in [1.54, 1.807) is 0 Å². The molecule has 2 amide bonds. The van der Waals surface area contributed by atoms with Crippen LogP contribution in [0.5, 0.6) is 0 Å². The molecule has 3 rings (SSSR count). The van der Waals surface area contributed by atoms with Crippen LogP contribution in [0.4, 0.5) is 0 Å². The Kier molecular flexibility index (Phi) is 5.16. The monoisotopic (exact) mass is 342 g/mol. The first kappa shape index (κ1) is 18.0. The van der Waals surface area contributed by atoms with Crippen molar-refractivity contribution in [1.29, 1.82) is 0 Å². The minimum Gasteiger partial charge on any atom is -0.355 e. The molecule has 136 valence electrons. The van der Waals surface area contributed by atoms with Crippen molar-refractivity contribution in [2.45, 2.75) is 70.3 Å². The number of carbonyl (C=O) groups excluding carboxylic acids is 2. The van der Waals surface area contributed by atoms with Crippen LogP contribution >= 0.6 is 0 Å². The minimum atomic E-state index is -0.0282. The maximum absolute atomic E-state index is 12.2. The Balaban J connectivity index is 1.46. The Morgan fingerprint density at radius 1 is 1.04 bits per heavy atom. The molecule has 1 aromatic rings. The number of rotatable bonds is 7. The van der Waals surface area contributed by atoms with E-state index in [2.05, 4.69) is 48.7 Å². The molecular weight excluding hydrogens is 312 g/mol. The van der Waals surface area contributed by atoms with Crippen molar-refractivity contribution in [3.05, 3.63) is 35.9 Å². The Morgan fingerprint density at radius 2 is 1.64 bits per heavy atom. The van der Waals surface area contributed by atoms with Crippen LogP contribution < -0.4 is 10.6 Å². The lowest BCUT2D eigenvalue weighted by molar-refractivity contribution is -0.126. The Labute approximate surface area is 150 Å². The SMILES string of the molecule is CC1(C)C[C@]1(CNC(=O)CCC(=O)NC1CCCC1)c1ccccc1. The molecule has 4 nitrogen and oxygen atoms in total. The summed E-state index contributed by atoms with van der Waals surface area (Å²) >= 11 is 0. The predicted molar refractivity (Wildman–Crippen MR) is 99.2 cm³/mol. The summed E-state index contributed by atoms with van der Waals surface area (Å²) in [7, 11) is 0. The van der Waals surface area contributed by atoms with Gasteiger partial charge in [-0.2, -0.15) is 0 Å². The highest BCUT2D eigenvalue weighted by molar-refractivity contribution is 5.84. The van der Waals surface area contributed by atoms with Gasteiger partial charge in [-0.3, -0.25) is 9.59 Å². The van der Waals surface area contributed by atoms with Gasteiger partial charge < -0.3 is 10.6 Å². The first-order chi connectivity index (χ1) is 11.9. The Morgan fingerprint density at radius 3 is 2.24 bits per heavy atom. The molecule has 0 aliphatic heterocycles. The number of hydrogen-bond acceptors (Lipinski definition) is 2. The largest absolute Gasteiger partial charge is 0.355 e. The fourth-order valence-electron chi connectivity index (χ4n) is 4.30. The van der Waals surface area contributed by atoms with E-state index in [0.717, 1.165) is 19.3 Å². The molecule has 2 aliphatic rings.